The van der Waals surface area contributed by atoms with Gasteiger partial charge in [-0.3, -0.25) is 0 Å². The quantitative estimate of drug-likeness (QED) is 0.166. The van der Waals surface area contributed by atoms with Gasteiger partial charge in [-0.25, -0.2) is 0 Å². The molecule has 0 aromatic heterocycles. The molecule has 0 radical (unpaired) electrons. The van der Waals surface area contributed by atoms with Crippen molar-refractivity contribution in [1.29, 1.82) is 0 Å². The van der Waals surface area contributed by atoms with Gasteiger partial charge in [0.2, 0.25) is 0 Å². The Morgan fingerprint density at radius 1 is 0.333 bits per heavy atom. The lowest BCUT2D eigenvalue weighted by Crippen LogP contribution is -2.72. The smallest absolute Gasteiger partial charge is 0.180 e. The number of anilines is 3. The van der Waals surface area contributed by atoms with E-state index in [1.165, 1.54) is 59.5 Å². The van der Waals surface area contributed by atoms with Crippen molar-refractivity contribution in [3.8, 4) is 22.3 Å². The van der Waals surface area contributed by atoms with E-state index >= 15 is 0 Å². The van der Waals surface area contributed by atoms with E-state index in [0.717, 1.165) is 11.4 Å². The van der Waals surface area contributed by atoms with E-state index in [2.05, 4.69) is 205 Å². The predicted molar refractivity (Wildman–Crippen MR) is 207 cm³/mol. The Morgan fingerprint density at radius 2 is 0.812 bits per heavy atom. The lowest BCUT2D eigenvalue weighted by molar-refractivity contribution is 1.30. The fourth-order valence-corrected chi connectivity index (χ4v) is 13.0. The van der Waals surface area contributed by atoms with Crippen LogP contribution in [0.1, 0.15) is 0 Å². The SMILES string of the molecule is c1ccc(-c2ccc(N(c3ccc([Si]4(c5ccccc5)c5ccccc5-c5ccccc54)cc3)c3cccc4ccccc34)cc2)cc1. The maximum atomic E-state index is 2.41. The van der Waals surface area contributed by atoms with Gasteiger partial charge >= 0.3 is 0 Å². The molecule has 0 aliphatic carbocycles. The maximum Gasteiger partial charge on any atom is 0.180 e. The molecule has 48 heavy (non-hydrogen) atoms. The predicted octanol–water partition coefficient (Wildman–Crippen LogP) is 9.33. The normalized spacial score (nSPS) is 12.8. The highest BCUT2D eigenvalue weighted by Crippen LogP contribution is 2.39. The topological polar surface area (TPSA) is 3.24 Å². The second-order valence-corrected chi connectivity index (χ2v) is 16.2. The van der Waals surface area contributed by atoms with Gasteiger partial charge in [-0.05, 0) is 78.7 Å². The van der Waals surface area contributed by atoms with E-state index in [1.54, 1.807) is 0 Å². The minimum atomic E-state index is -2.55. The van der Waals surface area contributed by atoms with Crippen LogP contribution in [0.2, 0.25) is 0 Å². The van der Waals surface area contributed by atoms with Crippen LogP contribution >= 0.6 is 0 Å². The largest absolute Gasteiger partial charge is 0.310 e. The Morgan fingerprint density at radius 3 is 1.48 bits per heavy atom. The lowest BCUT2D eigenvalue weighted by Gasteiger charge is -2.32. The molecule has 0 spiro atoms. The minimum Gasteiger partial charge on any atom is -0.310 e. The first kappa shape index (κ1) is 28.3. The van der Waals surface area contributed by atoms with E-state index < -0.39 is 8.07 Å². The molecule has 1 heterocycles. The fraction of sp³-hybridized carbons (Fsp3) is 0. The van der Waals surface area contributed by atoms with Gasteiger partial charge in [0.25, 0.3) is 0 Å². The molecule has 2 heteroatoms. The molecule has 0 saturated heterocycles. The summed E-state index contributed by atoms with van der Waals surface area (Å²) < 4.78 is 0. The van der Waals surface area contributed by atoms with Crippen molar-refractivity contribution >= 4 is 56.7 Å². The first-order chi connectivity index (χ1) is 23.8. The van der Waals surface area contributed by atoms with Crippen LogP contribution in [0.15, 0.2) is 200 Å². The summed E-state index contributed by atoms with van der Waals surface area (Å²) in [5, 5.41) is 8.20. The average molecular weight is 628 g/mol. The molecule has 0 bridgehead atoms. The third-order valence-corrected chi connectivity index (χ3v) is 14.8. The van der Waals surface area contributed by atoms with Crippen molar-refractivity contribution in [3.05, 3.63) is 200 Å². The molecule has 1 aliphatic rings. The summed E-state index contributed by atoms with van der Waals surface area (Å²) in [6.45, 7) is 0. The van der Waals surface area contributed by atoms with Crippen molar-refractivity contribution < 1.29 is 0 Å². The third-order valence-electron chi connectivity index (χ3n) is 9.96. The van der Waals surface area contributed by atoms with Gasteiger partial charge in [-0.1, -0.05) is 170 Å². The molecule has 0 unspecified atom stereocenters. The molecule has 0 N–H and O–H groups in total. The van der Waals surface area contributed by atoms with Gasteiger partial charge in [-0.2, -0.15) is 0 Å². The minimum absolute atomic E-state index is 1.13. The molecular formula is C46H33NSi. The molecule has 0 saturated carbocycles. The van der Waals surface area contributed by atoms with Crippen LogP contribution in [-0.2, 0) is 0 Å². The fourth-order valence-electron chi connectivity index (χ4n) is 7.84. The molecule has 8 aromatic rings. The summed E-state index contributed by atoms with van der Waals surface area (Å²) in [4.78, 5) is 2.41. The van der Waals surface area contributed by atoms with Gasteiger partial charge in [0, 0.05) is 16.8 Å². The molecule has 0 fully saturated rings. The third kappa shape index (κ3) is 4.45. The summed E-state index contributed by atoms with van der Waals surface area (Å²) in [7, 11) is -2.55. The molecule has 0 amide bonds. The van der Waals surface area contributed by atoms with E-state index in [-0.39, 0.29) is 0 Å². The lowest BCUT2D eigenvalue weighted by atomic mass is 10.0. The van der Waals surface area contributed by atoms with Crippen LogP contribution in [0.5, 0.6) is 0 Å². The second kappa shape index (κ2) is 11.7. The molecule has 226 valence electrons. The highest BCUT2D eigenvalue weighted by Gasteiger charge is 2.48. The van der Waals surface area contributed by atoms with Crippen LogP contribution < -0.4 is 25.6 Å². The van der Waals surface area contributed by atoms with Crippen LogP contribution in [0.3, 0.4) is 0 Å². The molecule has 1 aliphatic heterocycles. The zero-order valence-corrected chi connectivity index (χ0v) is 27.5. The number of nitrogens with zero attached hydrogens (tertiary/aromatic N) is 1. The Hall–Kier alpha value is -5.96. The zero-order valence-electron chi connectivity index (χ0n) is 26.5. The molecule has 1 nitrogen and oxygen atoms in total. The summed E-state index contributed by atoms with van der Waals surface area (Å²) in [6.07, 6.45) is 0. The van der Waals surface area contributed by atoms with Gasteiger partial charge in [0.15, 0.2) is 8.07 Å². The Kier molecular flexibility index (Phi) is 6.88. The highest BCUT2D eigenvalue weighted by molar-refractivity contribution is 7.22. The summed E-state index contributed by atoms with van der Waals surface area (Å²) in [5.41, 5.74) is 8.59. The van der Waals surface area contributed by atoms with Crippen molar-refractivity contribution in [3.63, 3.8) is 0 Å². The summed E-state index contributed by atoms with van der Waals surface area (Å²) in [6, 6.07) is 73.7. The zero-order chi connectivity index (χ0) is 31.9. The van der Waals surface area contributed by atoms with Crippen LogP contribution in [0.4, 0.5) is 17.1 Å². The van der Waals surface area contributed by atoms with Crippen molar-refractivity contribution in [2.45, 2.75) is 0 Å². The molecular weight excluding hydrogens is 595 g/mol. The Balaban J connectivity index is 1.23. The van der Waals surface area contributed by atoms with Gasteiger partial charge in [-0.15, -0.1) is 0 Å². The van der Waals surface area contributed by atoms with E-state index in [4.69, 9.17) is 0 Å². The highest BCUT2D eigenvalue weighted by atomic mass is 28.3. The van der Waals surface area contributed by atoms with Crippen molar-refractivity contribution in [1.82, 2.24) is 0 Å². The van der Waals surface area contributed by atoms with Crippen molar-refractivity contribution in [2.75, 3.05) is 4.90 Å². The number of hydrogen-bond acceptors (Lipinski definition) is 1. The number of hydrogen-bond donors (Lipinski definition) is 0. The monoisotopic (exact) mass is 627 g/mol. The Bertz CT molecular complexity index is 2330. The first-order valence-corrected chi connectivity index (χ1v) is 18.6. The molecule has 9 rings (SSSR count). The average Bonchev–Trinajstić information content (AvgIpc) is 3.47. The van der Waals surface area contributed by atoms with Gasteiger partial charge in [0.1, 0.15) is 0 Å². The summed E-state index contributed by atoms with van der Waals surface area (Å²) in [5.74, 6) is 0. The number of rotatable bonds is 6. The summed E-state index contributed by atoms with van der Waals surface area (Å²) >= 11 is 0. The second-order valence-electron chi connectivity index (χ2n) is 12.5. The first-order valence-electron chi connectivity index (χ1n) is 16.6. The molecule has 0 atom stereocenters. The van der Waals surface area contributed by atoms with Crippen LogP contribution in [0, 0.1) is 0 Å². The van der Waals surface area contributed by atoms with Crippen LogP contribution in [-0.4, -0.2) is 8.07 Å². The standard InChI is InChI=1S/C46H33NSi/c1-3-14-34(15-4-1)35-26-28-37(29-27-35)47(44-23-13-17-36-16-7-8-20-41(36)44)38-30-32-40(33-31-38)48(39-18-5-2-6-19-39)45-24-11-9-21-42(45)43-22-10-12-25-46(43)48/h1-33H. The van der Waals surface area contributed by atoms with Crippen LogP contribution in [0.25, 0.3) is 33.0 Å². The van der Waals surface area contributed by atoms with E-state index in [1.807, 2.05) is 0 Å². The van der Waals surface area contributed by atoms with E-state index in [0.29, 0.717) is 0 Å². The number of fused-ring (bicyclic) bond motifs is 4. The Labute approximate surface area is 283 Å². The number of benzene rings is 8. The van der Waals surface area contributed by atoms with Gasteiger partial charge in [0.05, 0.1) is 5.69 Å². The van der Waals surface area contributed by atoms with E-state index in [9.17, 15) is 0 Å². The maximum absolute atomic E-state index is 2.55. The van der Waals surface area contributed by atoms with Crippen molar-refractivity contribution in [2.24, 2.45) is 0 Å². The molecule has 8 aromatic carbocycles. The van der Waals surface area contributed by atoms with Gasteiger partial charge < -0.3 is 4.90 Å².